The molecule has 0 N–H and O–H groups in total. The molecule has 0 fully saturated rings. The van der Waals surface area contributed by atoms with E-state index in [0.29, 0.717) is 22.3 Å². The van der Waals surface area contributed by atoms with E-state index in [1.807, 2.05) is 6.92 Å². The predicted octanol–water partition coefficient (Wildman–Crippen LogP) is 3.56. The van der Waals surface area contributed by atoms with Crippen LogP contribution >= 0.6 is 11.6 Å². The first kappa shape index (κ1) is 17.9. The molecule has 0 saturated heterocycles. The maximum Gasteiger partial charge on any atom is 0.333 e. The first-order valence-corrected chi connectivity index (χ1v) is 8.42. The number of carbonyl (C=O) groups excluding carboxylic acids is 3. The van der Waals surface area contributed by atoms with Gasteiger partial charge >= 0.3 is 5.97 Å². The quantitative estimate of drug-likeness (QED) is 0.571. The minimum Gasteiger partial charge on any atom is -0.494 e. The molecule has 2 aromatic carbocycles. The largest absolute Gasteiger partial charge is 0.494 e. The topological polar surface area (TPSA) is 72.9 Å². The molecule has 0 aromatic heterocycles. The van der Waals surface area contributed by atoms with E-state index in [4.69, 9.17) is 21.2 Å². The monoisotopic (exact) mass is 373 g/mol. The third kappa shape index (κ3) is 3.70. The summed E-state index contributed by atoms with van der Waals surface area (Å²) in [6.07, 6.45) is 0.393. The molecule has 6 nitrogen and oxygen atoms in total. The molecule has 1 heterocycles. The van der Waals surface area contributed by atoms with Crippen molar-refractivity contribution in [3.63, 3.8) is 0 Å². The molecule has 7 heteroatoms. The molecule has 134 valence electrons. The Morgan fingerprint density at radius 1 is 1.08 bits per heavy atom. The average molecular weight is 374 g/mol. The smallest absolute Gasteiger partial charge is 0.333 e. The number of hydroxylamine groups is 2. The summed E-state index contributed by atoms with van der Waals surface area (Å²) in [5.74, 6) is -1.28. The summed E-state index contributed by atoms with van der Waals surface area (Å²) in [4.78, 5) is 41.1. The van der Waals surface area contributed by atoms with Crippen molar-refractivity contribution in [3.05, 3.63) is 64.2 Å². The molecular weight excluding hydrogens is 358 g/mol. The van der Waals surface area contributed by atoms with Gasteiger partial charge in [0.05, 0.1) is 24.2 Å². The molecule has 1 aliphatic heterocycles. The van der Waals surface area contributed by atoms with Gasteiger partial charge in [-0.25, -0.2) is 4.79 Å². The van der Waals surface area contributed by atoms with Crippen molar-refractivity contribution in [1.82, 2.24) is 5.06 Å². The summed E-state index contributed by atoms with van der Waals surface area (Å²) in [5, 5.41) is 1.16. The van der Waals surface area contributed by atoms with Crippen molar-refractivity contribution in [2.24, 2.45) is 0 Å². The number of fused-ring (bicyclic) bond motifs is 1. The number of hydrogen-bond acceptors (Lipinski definition) is 5. The van der Waals surface area contributed by atoms with Crippen LogP contribution in [-0.4, -0.2) is 29.5 Å². The van der Waals surface area contributed by atoms with Gasteiger partial charge in [-0.15, -0.1) is 0 Å². The second-order valence-corrected chi connectivity index (χ2v) is 6.18. The van der Waals surface area contributed by atoms with E-state index in [1.165, 1.54) is 12.1 Å². The van der Waals surface area contributed by atoms with E-state index >= 15 is 0 Å². The van der Waals surface area contributed by atoms with Gasteiger partial charge in [0.15, 0.2) is 0 Å². The SMILES string of the molecule is Cc1cc(OCCCC(=O)ON2C(=O)c3ccccc3C2=O)ccc1Cl. The number of nitrogens with zero attached hydrogens (tertiary/aromatic N) is 1. The van der Waals surface area contributed by atoms with Gasteiger partial charge in [-0.3, -0.25) is 9.59 Å². The maximum atomic E-state index is 12.1. The maximum absolute atomic E-state index is 12.1. The lowest BCUT2D eigenvalue weighted by Crippen LogP contribution is -2.32. The molecule has 2 amide bonds. The second kappa shape index (κ2) is 7.58. The highest BCUT2D eigenvalue weighted by atomic mass is 35.5. The highest BCUT2D eigenvalue weighted by Gasteiger charge is 2.38. The first-order valence-electron chi connectivity index (χ1n) is 8.05. The van der Waals surface area contributed by atoms with E-state index in [0.717, 1.165) is 5.56 Å². The molecule has 0 saturated carbocycles. The van der Waals surface area contributed by atoms with Gasteiger partial charge in [0.1, 0.15) is 5.75 Å². The van der Waals surface area contributed by atoms with E-state index < -0.39 is 17.8 Å². The zero-order chi connectivity index (χ0) is 18.7. The third-order valence-corrected chi connectivity index (χ3v) is 4.30. The molecule has 0 atom stereocenters. The predicted molar refractivity (Wildman–Crippen MR) is 94.0 cm³/mol. The van der Waals surface area contributed by atoms with Gasteiger partial charge in [-0.05, 0) is 49.2 Å². The Bertz CT molecular complexity index is 845. The molecule has 0 radical (unpaired) electrons. The molecule has 0 bridgehead atoms. The highest BCUT2D eigenvalue weighted by molar-refractivity contribution is 6.31. The van der Waals surface area contributed by atoms with E-state index in [1.54, 1.807) is 30.3 Å². The Morgan fingerprint density at radius 2 is 1.73 bits per heavy atom. The van der Waals surface area contributed by atoms with Crippen LogP contribution in [0.4, 0.5) is 0 Å². The summed E-state index contributed by atoms with van der Waals surface area (Å²) in [6, 6.07) is 11.6. The molecule has 1 aliphatic rings. The van der Waals surface area contributed by atoms with Gasteiger partial charge in [0.25, 0.3) is 11.8 Å². The van der Waals surface area contributed by atoms with Crippen LogP contribution in [0.3, 0.4) is 0 Å². The lowest BCUT2D eigenvalue weighted by atomic mass is 10.1. The van der Waals surface area contributed by atoms with Crippen LogP contribution in [0.25, 0.3) is 0 Å². The van der Waals surface area contributed by atoms with Gasteiger partial charge in [-0.2, -0.15) is 0 Å². The van der Waals surface area contributed by atoms with Crippen molar-refractivity contribution in [1.29, 1.82) is 0 Å². The number of aryl methyl sites for hydroxylation is 1. The van der Waals surface area contributed by atoms with Crippen LogP contribution in [0.1, 0.15) is 39.1 Å². The number of imide groups is 1. The zero-order valence-corrected chi connectivity index (χ0v) is 14.8. The van der Waals surface area contributed by atoms with E-state index in [9.17, 15) is 14.4 Å². The molecule has 26 heavy (non-hydrogen) atoms. The van der Waals surface area contributed by atoms with Gasteiger partial charge in [0, 0.05) is 5.02 Å². The molecule has 0 aliphatic carbocycles. The molecule has 0 unspecified atom stereocenters. The number of rotatable bonds is 6. The van der Waals surface area contributed by atoms with E-state index in [2.05, 4.69) is 0 Å². The zero-order valence-electron chi connectivity index (χ0n) is 14.0. The molecular formula is C19H16ClNO5. The fraction of sp³-hybridized carbons (Fsp3) is 0.211. The van der Waals surface area contributed by atoms with Crippen LogP contribution in [0.15, 0.2) is 42.5 Å². The van der Waals surface area contributed by atoms with Crippen LogP contribution < -0.4 is 4.74 Å². The van der Waals surface area contributed by atoms with Crippen molar-refractivity contribution in [3.8, 4) is 5.75 Å². The Kier molecular flexibility index (Phi) is 5.23. The van der Waals surface area contributed by atoms with Crippen molar-refractivity contribution < 1.29 is 24.0 Å². The highest BCUT2D eigenvalue weighted by Crippen LogP contribution is 2.23. The summed E-state index contributed by atoms with van der Waals surface area (Å²) < 4.78 is 5.54. The summed E-state index contributed by atoms with van der Waals surface area (Å²) in [6.45, 7) is 2.16. The number of hydrogen-bond donors (Lipinski definition) is 0. The lowest BCUT2D eigenvalue weighted by Gasteiger charge is -2.13. The lowest BCUT2D eigenvalue weighted by molar-refractivity contribution is -0.168. The summed E-state index contributed by atoms with van der Waals surface area (Å²) in [7, 11) is 0. The minimum absolute atomic E-state index is 0.0139. The average Bonchev–Trinajstić information content (AvgIpc) is 2.87. The summed E-state index contributed by atoms with van der Waals surface area (Å²) >= 11 is 5.95. The second-order valence-electron chi connectivity index (χ2n) is 5.78. The fourth-order valence-electron chi connectivity index (χ4n) is 2.51. The number of benzene rings is 2. The van der Waals surface area contributed by atoms with Crippen LogP contribution in [0, 0.1) is 6.92 Å². The summed E-state index contributed by atoms with van der Waals surface area (Å²) in [5.41, 5.74) is 1.35. The first-order chi connectivity index (χ1) is 12.5. The van der Waals surface area contributed by atoms with Crippen LogP contribution in [-0.2, 0) is 9.63 Å². The van der Waals surface area contributed by atoms with Crippen LogP contribution in [0.5, 0.6) is 5.75 Å². The number of carbonyl (C=O) groups is 3. The number of ether oxygens (including phenoxy) is 1. The normalized spacial score (nSPS) is 12.9. The number of amides is 2. The fourth-order valence-corrected chi connectivity index (χ4v) is 2.63. The van der Waals surface area contributed by atoms with Crippen molar-refractivity contribution >= 4 is 29.4 Å². The Labute approximate surface area is 155 Å². The van der Waals surface area contributed by atoms with Crippen LogP contribution in [0.2, 0.25) is 5.02 Å². The number of halogens is 1. The minimum atomic E-state index is -0.671. The van der Waals surface area contributed by atoms with E-state index in [-0.39, 0.29) is 24.2 Å². The Hall–Kier alpha value is -2.86. The standard InChI is InChI=1S/C19H16ClNO5/c1-12-11-13(8-9-16(12)20)25-10-4-7-17(22)26-21-18(23)14-5-2-3-6-15(14)19(21)24/h2-3,5-6,8-9,11H,4,7,10H2,1H3. The molecule has 2 aromatic rings. The third-order valence-electron chi connectivity index (χ3n) is 3.87. The van der Waals surface area contributed by atoms with Gasteiger partial charge in [0.2, 0.25) is 0 Å². The van der Waals surface area contributed by atoms with Crippen molar-refractivity contribution in [2.75, 3.05) is 6.61 Å². The molecule has 3 rings (SSSR count). The Balaban J connectivity index is 1.47. The Morgan fingerprint density at radius 3 is 2.35 bits per heavy atom. The van der Waals surface area contributed by atoms with Gasteiger partial charge < -0.3 is 9.57 Å². The van der Waals surface area contributed by atoms with Crippen molar-refractivity contribution in [2.45, 2.75) is 19.8 Å². The van der Waals surface area contributed by atoms with Gasteiger partial charge in [-0.1, -0.05) is 28.8 Å². The molecule has 0 spiro atoms.